The first-order valence-corrected chi connectivity index (χ1v) is 5.13. The molecule has 0 aliphatic rings. The van der Waals surface area contributed by atoms with Gasteiger partial charge in [0.1, 0.15) is 0 Å². The summed E-state index contributed by atoms with van der Waals surface area (Å²) in [4.78, 5) is 0. The average molecular weight is 311 g/mol. The third-order valence-electron chi connectivity index (χ3n) is 1.25. The molecular weight excluding hydrogens is 292 g/mol. The van der Waals surface area contributed by atoms with Gasteiger partial charge in [0.2, 0.25) is 0 Å². The molecule has 0 saturated carbocycles. The van der Waals surface area contributed by atoms with E-state index in [4.69, 9.17) is 1.37 Å². The normalized spacial score (nSPS) is 14.7. The van der Waals surface area contributed by atoms with Gasteiger partial charge in [0.15, 0.2) is 0 Å². The Balaban J connectivity index is 4.11. The summed E-state index contributed by atoms with van der Waals surface area (Å²) in [5.41, 5.74) is 0.343. The predicted octanol–water partition coefficient (Wildman–Crippen LogP) is 2.80. The van der Waals surface area contributed by atoms with Crippen LogP contribution in [0.25, 0.3) is 0 Å². The molecule has 1 heteroatoms. The van der Waals surface area contributed by atoms with Crippen molar-refractivity contribution < 1.29 is 20.7 Å². The molecule has 0 saturated heterocycles. The van der Waals surface area contributed by atoms with Crippen LogP contribution in [0.15, 0.2) is 0 Å². The van der Waals surface area contributed by atoms with Gasteiger partial charge in [-0.15, -0.1) is 0 Å². The van der Waals surface area contributed by atoms with E-state index in [9.17, 15) is 0 Å². The SMILES string of the molecule is [2H]C(C)(C)[C](=[W])CC(C)(C)C. The first-order valence-electron chi connectivity index (χ1n) is 4.16. The van der Waals surface area contributed by atoms with Crippen molar-refractivity contribution >= 4 is 3.90 Å². The molecule has 0 rings (SSSR count). The molecule has 60 valence electrons. The van der Waals surface area contributed by atoms with Crippen LogP contribution in [0.3, 0.4) is 0 Å². The van der Waals surface area contributed by atoms with Gasteiger partial charge >= 0.3 is 77.0 Å². The van der Waals surface area contributed by atoms with Crippen molar-refractivity contribution in [3.05, 3.63) is 0 Å². The predicted molar refractivity (Wildman–Crippen MR) is 43.9 cm³/mol. The zero-order valence-electron chi connectivity index (χ0n) is 8.62. The summed E-state index contributed by atoms with van der Waals surface area (Å²) in [6, 6.07) is 0. The summed E-state index contributed by atoms with van der Waals surface area (Å²) >= 11 is 1.47. The van der Waals surface area contributed by atoms with Crippen molar-refractivity contribution in [2.45, 2.75) is 41.0 Å². The van der Waals surface area contributed by atoms with Crippen LogP contribution >= 0.6 is 0 Å². The van der Waals surface area contributed by atoms with Crippen molar-refractivity contribution in [2.24, 2.45) is 11.3 Å². The second kappa shape index (κ2) is 3.81. The standard InChI is InChI=1S/C9H18.W/c1-8(2)6-7-9(3,4)5;/h8H,7H2,1-5H3;/i8D;. The molecule has 0 bridgehead atoms. The fourth-order valence-corrected chi connectivity index (χ4v) is 2.21. The molecule has 0 nitrogen and oxygen atoms in total. The summed E-state index contributed by atoms with van der Waals surface area (Å²) in [5.74, 6) is -0.331. The molecule has 0 spiro atoms. The molecule has 0 aliphatic heterocycles. The van der Waals surface area contributed by atoms with E-state index in [1.54, 1.807) is 0 Å². The van der Waals surface area contributed by atoms with Crippen LogP contribution in [0.4, 0.5) is 0 Å². The van der Waals surface area contributed by atoms with E-state index in [1.165, 1.54) is 23.3 Å². The molecule has 0 aromatic rings. The van der Waals surface area contributed by atoms with E-state index in [2.05, 4.69) is 20.8 Å². The first-order chi connectivity index (χ1) is 4.63. The van der Waals surface area contributed by atoms with Gasteiger partial charge in [0.25, 0.3) is 0 Å². The molecule has 0 heterocycles. The van der Waals surface area contributed by atoms with Crippen LogP contribution in [0, 0.1) is 11.3 Å². The van der Waals surface area contributed by atoms with E-state index >= 15 is 0 Å². The molecule has 0 N–H and O–H groups in total. The molecule has 0 radical (unpaired) electrons. The molecule has 0 atom stereocenters. The van der Waals surface area contributed by atoms with Gasteiger partial charge < -0.3 is 0 Å². The van der Waals surface area contributed by atoms with E-state index < -0.39 is 0 Å². The molecule has 10 heavy (non-hydrogen) atoms. The number of rotatable bonds is 2. The minimum absolute atomic E-state index is 0.331. The molecule has 0 amide bonds. The topological polar surface area (TPSA) is 0 Å². The molecule has 0 fully saturated rings. The minimum atomic E-state index is -0.331. The molecule has 0 aliphatic carbocycles. The fourth-order valence-electron chi connectivity index (χ4n) is 0.658. The zero-order valence-corrected chi connectivity index (χ0v) is 10.5. The number of hydrogen-bond acceptors (Lipinski definition) is 0. The molecule has 0 aromatic heterocycles. The first kappa shape index (κ1) is 8.65. The van der Waals surface area contributed by atoms with Gasteiger partial charge in [-0.1, -0.05) is 0 Å². The van der Waals surface area contributed by atoms with Crippen molar-refractivity contribution in [3.63, 3.8) is 0 Å². The monoisotopic (exact) mass is 311 g/mol. The Morgan fingerprint density at radius 3 is 2.00 bits per heavy atom. The summed E-state index contributed by atoms with van der Waals surface area (Å²) in [7, 11) is 0. The maximum absolute atomic E-state index is 7.80. The Morgan fingerprint density at radius 1 is 1.50 bits per heavy atom. The average Bonchev–Trinajstić information content (AvgIpc) is 1.56. The van der Waals surface area contributed by atoms with E-state index in [0.717, 1.165) is 6.42 Å². The van der Waals surface area contributed by atoms with Crippen LogP contribution in [-0.2, 0) is 19.4 Å². The van der Waals surface area contributed by atoms with Gasteiger partial charge in [0, 0.05) is 0 Å². The Hall–Kier alpha value is 0.558. The second-order valence-electron chi connectivity index (χ2n) is 4.16. The van der Waals surface area contributed by atoms with Crippen LogP contribution < -0.4 is 0 Å². The van der Waals surface area contributed by atoms with Crippen LogP contribution in [0.2, 0.25) is 0 Å². The van der Waals surface area contributed by atoms with E-state index in [0.29, 0.717) is 5.41 Å². The fraction of sp³-hybridized carbons (Fsp3) is 0.889. The second-order valence-corrected chi connectivity index (χ2v) is 5.93. The Kier molecular flexibility index (Phi) is 3.30. The molecular formula is C9H18W. The number of hydrogen-bond donors (Lipinski definition) is 0. The van der Waals surface area contributed by atoms with Crippen molar-refractivity contribution in [1.29, 1.82) is 0 Å². The van der Waals surface area contributed by atoms with E-state index in [-0.39, 0.29) is 5.89 Å². The third kappa shape index (κ3) is 5.35. The third-order valence-corrected chi connectivity index (χ3v) is 3.23. The van der Waals surface area contributed by atoms with Crippen molar-refractivity contribution in [3.8, 4) is 0 Å². The van der Waals surface area contributed by atoms with Crippen LogP contribution in [0.1, 0.15) is 42.4 Å². The summed E-state index contributed by atoms with van der Waals surface area (Å²) in [6.45, 7) is 10.6. The molecule has 0 aromatic carbocycles. The van der Waals surface area contributed by atoms with Gasteiger partial charge in [-0.3, -0.25) is 0 Å². The maximum atomic E-state index is 7.80. The Bertz CT molecular complexity index is 148. The summed E-state index contributed by atoms with van der Waals surface area (Å²) < 4.78 is 9.15. The zero-order chi connectivity index (χ0) is 9.28. The summed E-state index contributed by atoms with van der Waals surface area (Å²) in [5, 5.41) is 0. The van der Waals surface area contributed by atoms with Crippen LogP contribution in [-0.4, -0.2) is 3.90 Å². The van der Waals surface area contributed by atoms with Gasteiger partial charge in [-0.25, -0.2) is 0 Å². The van der Waals surface area contributed by atoms with Gasteiger partial charge in [-0.05, 0) is 0 Å². The Morgan fingerprint density at radius 2 is 1.90 bits per heavy atom. The molecule has 0 unspecified atom stereocenters. The summed E-state index contributed by atoms with van der Waals surface area (Å²) in [6.07, 6.45) is 1.08. The quantitative estimate of drug-likeness (QED) is 0.736. The van der Waals surface area contributed by atoms with Gasteiger partial charge in [0.05, 0.1) is 0 Å². The van der Waals surface area contributed by atoms with Gasteiger partial charge in [-0.2, -0.15) is 0 Å². The van der Waals surface area contributed by atoms with Crippen LogP contribution in [0.5, 0.6) is 0 Å². The van der Waals surface area contributed by atoms with Crippen molar-refractivity contribution in [2.75, 3.05) is 0 Å². The van der Waals surface area contributed by atoms with Crippen molar-refractivity contribution in [1.82, 2.24) is 0 Å². The van der Waals surface area contributed by atoms with E-state index in [1.807, 2.05) is 13.8 Å². The Labute approximate surface area is 77.2 Å².